The second-order valence-electron chi connectivity index (χ2n) is 5.74. The highest BCUT2D eigenvalue weighted by Crippen LogP contribution is 2.15. The molecule has 1 heterocycles. The van der Waals surface area contributed by atoms with Crippen LogP contribution in [0.25, 0.3) is 0 Å². The summed E-state index contributed by atoms with van der Waals surface area (Å²) >= 11 is 0. The predicted molar refractivity (Wildman–Crippen MR) is 77.2 cm³/mol. The van der Waals surface area contributed by atoms with Gasteiger partial charge in [-0.1, -0.05) is 6.92 Å². The summed E-state index contributed by atoms with van der Waals surface area (Å²) in [4.78, 5) is 36.3. The Morgan fingerprint density at radius 3 is 2.43 bits per heavy atom. The lowest BCUT2D eigenvalue weighted by atomic mass is 10.1. The number of carboxylic acid groups (broad SMARTS) is 1. The highest BCUT2D eigenvalue weighted by molar-refractivity contribution is 5.94. The van der Waals surface area contributed by atoms with E-state index < -0.39 is 24.0 Å². The standard InChI is InChI=1S/C14H21N3O4/c1-5-8-17-11(18)7-6-10(15-17)13(21)16(9-12(19)20)14(2,3)4/h6-7H,5,8-9H2,1-4H3,(H,19,20). The molecule has 0 fully saturated rings. The van der Waals surface area contributed by atoms with Gasteiger partial charge in [0.1, 0.15) is 12.2 Å². The van der Waals surface area contributed by atoms with E-state index in [4.69, 9.17) is 5.11 Å². The third-order valence-corrected chi connectivity index (χ3v) is 2.87. The molecule has 0 atom stereocenters. The van der Waals surface area contributed by atoms with Crippen LogP contribution in [0.1, 0.15) is 44.6 Å². The first-order chi connectivity index (χ1) is 9.66. The van der Waals surface area contributed by atoms with Crippen LogP contribution in [0.4, 0.5) is 0 Å². The number of aryl methyl sites for hydroxylation is 1. The molecule has 0 radical (unpaired) electrons. The monoisotopic (exact) mass is 295 g/mol. The van der Waals surface area contributed by atoms with Gasteiger partial charge in [0.2, 0.25) is 0 Å². The van der Waals surface area contributed by atoms with Crippen LogP contribution in [0.5, 0.6) is 0 Å². The minimum atomic E-state index is -1.10. The van der Waals surface area contributed by atoms with Gasteiger partial charge >= 0.3 is 5.97 Å². The molecule has 1 amide bonds. The topological polar surface area (TPSA) is 92.5 Å². The lowest BCUT2D eigenvalue weighted by Crippen LogP contribution is -2.48. The Kier molecular flexibility index (Phi) is 5.23. The number of rotatable bonds is 5. The molecule has 0 unspecified atom stereocenters. The number of carboxylic acids is 1. The molecule has 7 nitrogen and oxygen atoms in total. The second-order valence-corrected chi connectivity index (χ2v) is 5.74. The molecular formula is C14H21N3O4. The Labute approximate surface area is 123 Å². The van der Waals surface area contributed by atoms with E-state index in [2.05, 4.69) is 5.10 Å². The van der Waals surface area contributed by atoms with Crippen molar-refractivity contribution in [2.75, 3.05) is 6.54 Å². The summed E-state index contributed by atoms with van der Waals surface area (Å²) in [6, 6.07) is 2.61. The van der Waals surface area contributed by atoms with Gasteiger partial charge in [0.05, 0.1) is 0 Å². The minimum Gasteiger partial charge on any atom is -0.480 e. The fraction of sp³-hybridized carbons (Fsp3) is 0.571. The van der Waals surface area contributed by atoms with Gasteiger partial charge in [0, 0.05) is 18.2 Å². The Balaban J connectivity index is 3.17. The number of hydrogen-bond acceptors (Lipinski definition) is 4. The molecule has 0 aliphatic rings. The highest BCUT2D eigenvalue weighted by atomic mass is 16.4. The summed E-state index contributed by atoms with van der Waals surface area (Å²) in [5.74, 6) is -1.60. The van der Waals surface area contributed by atoms with Gasteiger partial charge in [-0.05, 0) is 33.3 Å². The smallest absolute Gasteiger partial charge is 0.323 e. The first-order valence-electron chi connectivity index (χ1n) is 6.78. The van der Waals surface area contributed by atoms with Gasteiger partial charge in [-0.3, -0.25) is 14.4 Å². The van der Waals surface area contributed by atoms with Crippen molar-refractivity contribution in [3.05, 3.63) is 28.2 Å². The lowest BCUT2D eigenvalue weighted by Gasteiger charge is -2.34. The SMILES string of the molecule is CCCn1nc(C(=O)N(CC(=O)O)C(C)(C)C)ccc1=O. The van der Waals surface area contributed by atoms with E-state index in [-0.39, 0.29) is 11.3 Å². The molecule has 1 aromatic heterocycles. The quantitative estimate of drug-likeness (QED) is 0.874. The highest BCUT2D eigenvalue weighted by Gasteiger charge is 2.30. The van der Waals surface area contributed by atoms with E-state index in [1.165, 1.54) is 21.7 Å². The van der Waals surface area contributed by atoms with Crippen molar-refractivity contribution in [2.24, 2.45) is 0 Å². The summed E-state index contributed by atoms with van der Waals surface area (Å²) < 4.78 is 1.22. The molecule has 0 saturated heterocycles. The molecule has 21 heavy (non-hydrogen) atoms. The van der Waals surface area contributed by atoms with Gasteiger partial charge in [0.25, 0.3) is 11.5 Å². The zero-order valence-corrected chi connectivity index (χ0v) is 12.8. The molecule has 0 aliphatic heterocycles. The maximum absolute atomic E-state index is 12.5. The number of carbonyl (C=O) groups is 2. The third-order valence-electron chi connectivity index (χ3n) is 2.87. The Morgan fingerprint density at radius 2 is 1.95 bits per heavy atom. The molecule has 0 bridgehead atoms. The first kappa shape index (κ1) is 16.9. The third kappa shape index (κ3) is 4.40. The molecule has 0 aliphatic carbocycles. The van der Waals surface area contributed by atoms with Crippen molar-refractivity contribution in [3.63, 3.8) is 0 Å². The molecule has 0 aromatic carbocycles. The summed E-state index contributed by atoms with van der Waals surface area (Å²) in [5.41, 5.74) is -0.878. The Hall–Kier alpha value is -2.18. The van der Waals surface area contributed by atoms with Gasteiger partial charge in [0.15, 0.2) is 0 Å². The summed E-state index contributed by atoms with van der Waals surface area (Å²) in [6.45, 7) is 7.13. The number of hydrogen-bond donors (Lipinski definition) is 1. The fourth-order valence-electron chi connectivity index (χ4n) is 1.82. The largest absolute Gasteiger partial charge is 0.480 e. The molecule has 1 rings (SSSR count). The number of amides is 1. The van der Waals surface area contributed by atoms with Crippen LogP contribution in [0.15, 0.2) is 16.9 Å². The van der Waals surface area contributed by atoms with E-state index in [1.54, 1.807) is 20.8 Å². The number of carbonyl (C=O) groups excluding carboxylic acids is 1. The molecule has 7 heteroatoms. The van der Waals surface area contributed by atoms with E-state index in [9.17, 15) is 14.4 Å². The summed E-state index contributed by atoms with van der Waals surface area (Å²) in [5, 5.41) is 13.0. The first-order valence-corrected chi connectivity index (χ1v) is 6.78. The molecule has 1 aromatic rings. The van der Waals surface area contributed by atoms with Crippen LogP contribution < -0.4 is 5.56 Å². The number of aromatic nitrogens is 2. The minimum absolute atomic E-state index is 0.0687. The van der Waals surface area contributed by atoms with Crippen LogP contribution in [-0.2, 0) is 11.3 Å². The lowest BCUT2D eigenvalue weighted by molar-refractivity contribution is -0.138. The molecular weight excluding hydrogens is 274 g/mol. The van der Waals surface area contributed by atoms with Gasteiger partial charge in [-0.2, -0.15) is 5.10 Å². The van der Waals surface area contributed by atoms with Crippen LogP contribution in [0, 0.1) is 0 Å². The van der Waals surface area contributed by atoms with Crippen molar-refractivity contribution in [3.8, 4) is 0 Å². The van der Waals surface area contributed by atoms with Crippen molar-refractivity contribution >= 4 is 11.9 Å². The normalized spacial score (nSPS) is 11.2. The van der Waals surface area contributed by atoms with E-state index in [0.29, 0.717) is 13.0 Å². The van der Waals surface area contributed by atoms with E-state index >= 15 is 0 Å². The zero-order valence-electron chi connectivity index (χ0n) is 12.8. The maximum atomic E-state index is 12.5. The molecule has 116 valence electrons. The van der Waals surface area contributed by atoms with E-state index in [1.807, 2.05) is 6.92 Å². The maximum Gasteiger partial charge on any atom is 0.323 e. The average molecular weight is 295 g/mol. The van der Waals surface area contributed by atoms with Crippen molar-refractivity contribution < 1.29 is 14.7 Å². The fourth-order valence-corrected chi connectivity index (χ4v) is 1.82. The molecule has 0 saturated carbocycles. The summed E-state index contributed by atoms with van der Waals surface area (Å²) in [6.07, 6.45) is 0.711. The Morgan fingerprint density at radius 1 is 1.33 bits per heavy atom. The van der Waals surface area contributed by atoms with Crippen LogP contribution >= 0.6 is 0 Å². The van der Waals surface area contributed by atoms with Gasteiger partial charge in [-0.25, -0.2) is 4.68 Å². The van der Waals surface area contributed by atoms with Crippen molar-refractivity contribution in [2.45, 2.75) is 46.2 Å². The molecule has 0 spiro atoms. The van der Waals surface area contributed by atoms with Crippen LogP contribution in [-0.4, -0.2) is 43.7 Å². The van der Waals surface area contributed by atoms with E-state index in [0.717, 1.165) is 0 Å². The average Bonchev–Trinajstić information content (AvgIpc) is 2.36. The van der Waals surface area contributed by atoms with Gasteiger partial charge < -0.3 is 10.0 Å². The predicted octanol–water partition coefficient (Wildman–Crippen LogP) is 0.979. The number of aliphatic carboxylic acids is 1. The number of nitrogens with zero attached hydrogens (tertiary/aromatic N) is 3. The Bertz CT molecular complexity index is 587. The van der Waals surface area contributed by atoms with Crippen LogP contribution in [0.3, 0.4) is 0 Å². The zero-order chi connectivity index (χ0) is 16.2. The molecule has 1 N–H and O–H groups in total. The summed E-state index contributed by atoms with van der Waals surface area (Å²) in [7, 11) is 0. The van der Waals surface area contributed by atoms with Crippen LogP contribution in [0.2, 0.25) is 0 Å². The second kappa shape index (κ2) is 6.51. The van der Waals surface area contributed by atoms with Crippen molar-refractivity contribution in [1.29, 1.82) is 0 Å². The van der Waals surface area contributed by atoms with Gasteiger partial charge in [-0.15, -0.1) is 0 Å². The van der Waals surface area contributed by atoms with Crippen molar-refractivity contribution in [1.82, 2.24) is 14.7 Å².